The summed E-state index contributed by atoms with van der Waals surface area (Å²) in [7, 11) is 0. The molecule has 0 aliphatic rings. The third kappa shape index (κ3) is 4.21. The van der Waals surface area contributed by atoms with Crippen LogP contribution in [0, 0.1) is 13.8 Å². The van der Waals surface area contributed by atoms with Crippen LogP contribution in [0.25, 0.3) is 27.8 Å². The number of nitrogens with zero attached hydrogens (tertiary/aromatic N) is 4. The Bertz CT molecular complexity index is 1490. The van der Waals surface area contributed by atoms with Gasteiger partial charge in [-0.3, -0.25) is 9.20 Å². The second-order valence-corrected chi connectivity index (χ2v) is 10.4. The van der Waals surface area contributed by atoms with Crippen LogP contribution >= 0.6 is 34.7 Å². The van der Waals surface area contributed by atoms with Crippen molar-refractivity contribution in [3.05, 3.63) is 70.1 Å². The van der Waals surface area contributed by atoms with Gasteiger partial charge < -0.3 is 5.32 Å². The molecule has 0 aliphatic heterocycles. The molecule has 3 aromatic heterocycles. The Hall–Kier alpha value is -2.94. The Balaban J connectivity index is 1.37. The van der Waals surface area contributed by atoms with E-state index in [1.807, 2.05) is 47.0 Å². The Kier molecular flexibility index (Phi) is 5.82. The van der Waals surface area contributed by atoms with Gasteiger partial charge >= 0.3 is 0 Å². The lowest BCUT2D eigenvalue weighted by molar-refractivity contribution is -0.115. The minimum atomic E-state index is -0.388. The van der Waals surface area contributed by atoms with Crippen LogP contribution in [0.15, 0.2) is 59.1 Å². The summed E-state index contributed by atoms with van der Waals surface area (Å²) in [5.74, 6) is -0.137. The standard InChI is InChI=1S/C24H20ClN5OS2/c1-13-5-4-6-18-14(2)11-20-28-29-24(30(20)21(13)18)33-15(3)22(31)27-23-26-19(12-32-23)16-7-9-17(25)10-8-16/h4-12,15H,1-3H3,(H,26,27,31). The summed E-state index contributed by atoms with van der Waals surface area (Å²) < 4.78 is 2.04. The largest absolute Gasteiger partial charge is 0.301 e. The zero-order valence-corrected chi connectivity index (χ0v) is 20.6. The fourth-order valence-electron chi connectivity index (χ4n) is 3.71. The summed E-state index contributed by atoms with van der Waals surface area (Å²) in [6, 6.07) is 15.7. The third-order valence-corrected chi connectivity index (χ3v) is 7.47. The number of anilines is 1. The number of rotatable bonds is 5. The van der Waals surface area contributed by atoms with Crippen LogP contribution in [0.5, 0.6) is 0 Å². The first-order chi connectivity index (χ1) is 15.9. The van der Waals surface area contributed by atoms with E-state index in [1.165, 1.54) is 23.1 Å². The molecule has 5 rings (SSSR count). The number of benzene rings is 2. The molecular formula is C24H20ClN5OS2. The van der Waals surface area contributed by atoms with E-state index < -0.39 is 0 Å². The maximum absolute atomic E-state index is 12.9. The van der Waals surface area contributed by atoms with Gasteiger partial charge in [0.2, 0.25) is 5.91 Å². The highest BCUT2D eigenvalue weighted by atomic mass is 35.5. The van der Waals surface area contributed by atoms with Crippen molar-refractivity contribution >= 4 is 62.3 Å². The van der Waals surface area contributed by atoms with Gasteiger partial charge in [-0.1, -0.05) is 53.7 Å². The van der Waals surface area contributed by atoms with Crippen LogP contribution in [0.3, 0.4) is 0 Å². The number of pyridine rings is 1. The molecule has 5 aromatic rings. The minimum Gasteiger partial charge on any atom is -0.301 e. The SMILES string of the molecule is Cc1cc2nnc(SC(C)C(=O)Nc3nc(-c4ccc(Cl)cc4)cs3)n2c2c(C)cccc12. The third-order valence-electron chi connectivity index (χ3n) is 5.42. The number of thiazole rings is 1. The fourth-order valence-corrected chi connectivity index (χ4v) is 5.42. The smallest absolute Gasteiger partial charge is 0.239 e. The van der Waals surface area contributed by atoms with Crippen molar-refractivity contribution in [3.63, 3.8) is 0 Å². The van der Waals surface area contributed by atoms with E-state index in [2.05, 4.69) is 52.5 Å². The van der Waals surface area contributed by atoms with Crippen LogP contribution in [-0.2, 0) is 4.79 Å². The summed E-state index contributed by atoms with van der Waals surface area (Å²) in [4.78, 5) is 17.5. The van der Waals surface area contributed by atoms with Gasteiger partial charge in [-0.15, -0.1) is 21.5 Å². The van der Waals surface area contributed by atoms with Crippen LogP contribution in [-0.4, -0.2) is 30.7 Å². The zero-order chi connectivity index (χ0) is 23.1. The monoisotopic (exact) mass is 493 g/mol. The zero-order valence-electron chi connectivity index (χ0n) is 18.2. The number of para-hydroxylation sites is 1. The van der Waals surface area contributed by atoms with Gasteiger partial charge in [-0.05, 0) is 50.1 Å². The van der Waals surface area contributed by atoms with E-state index in [0.29, 0.717) is 15.3 Å². The van der Waals surface area contributed by atoms with Crippen LogP contribution in [0.1, 0.15) is 18.1 Å². The van der Waals surface area contributed by atoms with E-state index in [0.717, 1.165) is 38.9 Å². The Labute approximate surface area is 204 Å². The number of amides is 1. The molecule has 0 fully saturated rings. The number of aromatic nitrogens is 4. The van der Waals surface area contributed by atoms with Crippen LogP contribution < -0.4 is 5.32 Å². The van der Waals surface area contributed by atoms with Crippen molar-refractivity contribution in [2.45, 2.75) is 31.2 Å². The molecule has 0 saturated heterocycles. The molecule has 33 heavy (non-hydrogen) atoms. The van der Waals surface area contributed by atoms with E-state index in [9.17, 15) is 4.79 Å². The second-order valence-electron chi connectivity index (χ2n) is 7.77. The fraction of sp³-hybridized carbons (Fsp3) is 0.167. The lowest BCUT2D eigenvalue weighted by Gasteiger charge is -2.12. The number of thioether (sulfide) groups is 1. The van der Waals surface area contributed by atoms with Gasteiger partial charge in [0.1, 0.15) is 0 Å². The molecule has 0 bridgehead atoms. The number of hydrogen-bond acceptors (Lipinski definition) is 6. The van der Waals surface area contributed by atoms with Gasteiger partial charge in [-0.2, -0.15) is 0 Å². The summed E-state index contributed by atoms with van der Waals surface area (Å²) in [5.41, 5.74) is 5.88. The summed E-state index contributed by atoms with van der Waals surface area (Å²) in [6.07, 6.45) is 0. The molecule has 1 atom stereocenters. The predicted octanol–water partition coefficient (Wildman–Crippen LogP) is 6.40. The Morgan fingerprint density at radius 2 is 1.91 bits per heavy atom. The van der Waals surface area contributed by atoms with Gasteiger partial charge in [0.25, 0.3) is 0 Å². The molecule has 166 valence electrons. The number of halogens is 1. The number of carbonyl (C=O) groups is 1. The molecule has 1 unspecified atom stereocenters. The molecular weight excluding hydrogens is 474 g/mol. The quantitative estimate of drug-likeness (QED) is 0.287. The van der Waals surface area contributed by atoms with Gasteiger partial charge in [0.15, 0.2) is 15.9 Å². The van der Waals surface area contributed by atoms with Crippen molar-refractivity contribution in [3.8, 4) is 11.3 Å². The Morgan fingerprint density at radius 1 is 1.12 bits per heavy atom. The topological polar surface area (TPSA) is 72.2 Å². The van der Waals surface area contributed by atoms with Crippen molar-refractivity contribution in [2.24, 2.45) is 0 Å². The average molecular weight is 494 g/mol. The number of fused-ring (bicyclic) bond motifs is 3. The Morgan fingerprint density at radius 3 is 2.70 bits per heavy atom. The van der Waals surface area contributed by atoms with Crippen molar-refractivity contribution < 1.29 is 4.79 Å². The minimum absolute atomic E-state index is 0.137. The van der Waals surface area contributed by atoms with Gasteiger partial charge in [0.05, 0.1) is 16.5 Å². The molecule has 0 spiro atoms. The molecule has 6 nitrogen and oxygen atoms in total. The predicted molar refractivity (Wildman–Crippen MR) is 136 cm³/mol. The molecule has 3 heterocycles. The maximum atomic E-state index is 12.9. The lowest BCUT2D eigenvalue weighted by atomic mass is 10.1. The van der Waals surface area contributed by atoms with E-state index in [1.54, 1.807) is 0 Å². The van der Waals surface area contributed by atoms with E-state index in [-0.39, 0.29) is 11.2 Å². The molecule has 0 radical (unpaired) electrons. The van der Waals surface area contributed by atoms with Gasteiger partial charge in [-0.25, -0.2) is 4.98 Å². The molecule has 2 aromatic carbocycles. The average Bonchev–Trinajstić information content (AvgIpc) is 3.42. The summed E-state index contributed by atoms with van der Waals surface area (Å²) in [6.45, 7) is 6.01. The normalized spacial score (nSPS) is 12.4. The molecule has 0 aliphatic carbocycles. The van der Waals surface area contributed by atoms with E-state index in [4.69, 9.17) is 11.6 Å². The van der Waals surface area contributed by atoms with Crippen molar-refractivity contribution in [1.29, 1.82) is 0 Å². The first-order valence-corrected chi connectivity index (χ1v) is 12.5. The van der Waals surface area contributed by atoms with E-state index >= 15 is 0 Å². The van der Waals surface area contributed by atoms with Crippen molar-refractivity contribution in [2.75, 3.05) is 5.32 Å². The van der Waals surface area contributed by atoms with Crippen LogP contribution in [0.2, 0.25) is 5.02 Å². The molecule has 9 heteroatoms. The second kappa shape index (κ2) is 8.78. The first-order valence-electron chi connectivity index (χ1n) is 10.3. The number of aryl methyl sites for hydroxylation is 2. The summed E-state index contributed by atoms with van der Waals surface area (Å²) in [5, 5.41) is 16.3. The molecule has 0 saturated carbocycles. The summed E-state index contributed by atoms with van der Waals surface area (Å²) >= 11 is 8.74. The lowest BCUT2D eigenvalue weighted by Crippen LogP contribution is -2.22. The highest BCUT2D eigenvalue weighted by molar-refractivity contribution is 8.00. The highest BCUT2D eigenvalue weighted by Gasteiger charge is 2.21. The van der Waals surface area contributed by atoms with Crippen LogP contribution in [0.4, 0.5) is 5.13 Å². The highest BCUT2D eigenvalue weighted by Crippen LogP contribution is 2.31. The number of carbonyl (C=O) groups excluding carboxylic acids is 1. The number of nitrogens with one attached hydrogen (secondary N) is 1. The van der Waals surface area contributed by atoms with Gasteiger partial charge in [0, 0.05) is 21.4 Å². The molecule has 1 amide bonds. The van der Waals surface area contributed by atoms with Crippen molar-refractivity contribution in [1.82, 2.24) is 19.6 Å². The first kappa shape index (κ1) is 21.9. The molecule has 1 N–H and O–H groups in total. The number of hydrogen-bond donors (Lipinski definition) is 1. The maximum Gasteiger partial charge on any atom is 0.239 e.